The summed E-state index contributed by atoms with van der Waals surface area (Å²) in [7, 11) is 2.95. The average molecular weight is 472 g/mol. The van der Waals surface area contributed by atoms with E-state index in [1.807, 2.05) is 0 Å². The minimum atomic E-state index is -0.846. The lowest BCUT2D eigenvalue weighted by atomic mass is 10.0. The number of ether oxygens (including phenoxy) is 3. The summed E-state index contributed by atoms with van der Waals surface area (Å²) in [5.41, 5.74) is 1.54. The van der Waals surface area contributed by atoms with Gasteiger partial charge in [-0.1, -0.05) is 0 Å². The van der Waals surface area contributed by atoms with Crippen LogP contribution in [-0.2, 0) is 16.6 Å². The molecule has 0 amide bonds. The van der Waals surface area contributed by atoms with E-state index in [-0.39, 0.29) is 29.4 Å². The van der Waals surface area contributed by atoms with Crippen LogP contribution in [-0.4, -0.2) is 30.8 Å². The van der Waals surface area contributed by atoms with Crippen molar-refractivity contribution < 1.29 is 27.8 Å². The third-order valence-electron chi connectivity index (χ3n) is 4.99. The zero-order chi connectivity index (χ0) is 24.7. The van der Waals surface area contributed by atoms with Crippen LogP contribution in [0.3, 0.4) is 0 Å². The van der Waals surface area contributed by atoms with Crippen molar-refractivity contribution in [2.24, 2.45) is 7.05 Å². The van der Waals surface area contributed by atoms with E-state index in [4.69, 9.17) is 9.47 Å². The molecule has 0 fully saturated rings. The number of esters is 1. The Morgan fingerprint density at radius 2 is 1.79 bits per heavy atom. The summed E-state index contributed by atoms with van der Waals surface area (Å²) in [6.07, 6.45) is 2.44. The van der Waals surface area contributed by atoms with Crippen LogP contribution in [0.15, 0.2) is 53.5 Å². The summed E-state index contributed by atoms with van der Waals surface area (Å²) in [5, 5.41) is 3.23. The van der Waals surface area contributed by atoms with Crippen LogP contribution in [0.5, 0.6) is 17.2 Å². The molecule has 34 heavy (non-hydrogen) atoms. The summed E-state index contributed by atoms with van der Waals surface area (Å²) in [5.74, 6) is -1.37. The molecule has 0 bridgehead atoms. The number of aromatic nitrogens is 1. The Labute approximate surface area is 195 Å². The Morgan fingerprint density at radius 1 is 1.03 bits per heavy atom. The van der Waals surface area contributed by atoms with Gasteiger partial charge in [0.25, 0.3) is 5.56 Å². The van der Waals surface area contributed by atoms with E-state index < -0.39 is 11.6 Å². The molecular formula is C25H26F2N2O5. The van der Waals surface area contributed by atoms with Crippen LogP contribution in [0.1, 0.15) is 19.8 Å². The molecule has 0 unspecified atom stereocenters. The molecule has 0 aliphatic rings. The molecule has 0 saturated heterocycles. The molecule has 3 rings (SSSR count). The van der Waals surface area contributed by atoms with Crippen molar-refractivity contribution in [2.75, 3.05) is 25.6 Å². The lowest BCUT2D eigenvalue weighted by Gasteiger charge is -2.17. The van der Waals surface area contributed by atoms with Crippen molar-refractivity contribution in [2.45, 2.75) is 19.8 Å². The molecule has 0 aliphatic heterocycles. The highest BCUT2D eigenvalue weighted by Crippen LogP contribution is 2.40. The minimum Gasteiger partial charge on any atom is -0.493 e. The second kappa shape index (κ2) is 11.3. The molecule has 0 radical (unpaired) electrons. The zero-order valence-electron chi connectivity index (χ0n) is 19.2. The van der Waals surface area contributed by atoms with Crippen LogP contribution < -0.4 is 20.3 Å². The number of carbonyl (C=O) groups is 1. The van der Waals surface area contributed by atoms with Gasteiger partial charge in [0.15, 0.2) is 11.6 Å². The molecule has 7 nitrogen and oxygen atoms in total. The summed E-state index contributed by atoms with van der Waals surface area (Å²) in [6, 6.07) is 9.58. The lowest BCUT2D eigenvalue weighted by molar-refractivity contribution is -0.140. The van der Waals surface area contributed by atoms with Gasteiger partial charge in [0, 0.05) is 55.2 Å². The molecule has 9 heteroatoms. The third-order valence-corrected chi connectivity index (χ3v) is 4.99. The summed E-state index contributed by atoms with van der Waals surface area (Å²) < 4.78 is 45.2. The number of carbonyl (C=O) groups excluding carboxylic acids is 1. The predicted molar refractivity (Wildman–Crippen MR) is 124 cm³/mol. The number of hydrogen-bond acceptors (Lipinski definition) is 6. The highest BCUT2D eigenvalue weighted by molar-refractivity contribution is 5.78. The molecule has 0 atom stereocenters. The number of rotatable bonds is 10. The summed E-state index contributed by atoms with van der Waals surface area (Å²) >= 11 is 0. The molecule has 0 aliphatic carbocycles. The number of aryl methyl sites for hydroxylation is 1. The van der Waals surface area contributed by atoms with E-state index in [0.29, 0.717) is 42.1 Å². The van der Waals surface area contributed by atoms with Crippen LogP contribution in [0.4, 0.5) is 14.5 Å². The van der Waals surface area contributed by atoms with Crippen LogP contribution in [0.2, 0.25) is 0 Å². The Kier molecular flexibility index (Phi) is 8.24. The highest BCUT2D eigenvalue weighted by atomic mass is 19.1. The van der Waals surface area contributed by atoms with Gasteiger partial charge in [-0.15, -0.1) is 0 Å². The molecule has 0 spiro atoms. The van der Waals surface area contributed by atoms with Gasteiger partial charge in [-0.2, -0.15) is 0 Å². The van der Waals surface area contributed by atoms with Crippen LogP contribution in [0.25, 0.3) is 11.1 Å². The Morgan fingerprint density at radius 3 is 2.50 bits per heavy atom. The zero-order valence-corrected chi connectivity index (χ0v) is 19.2. The van der Waals surface area contributed by atoms with Gasteiger partial charge < -0.3 is 24.1 Å². The second-order valence-electron chi connectivity index (χ2n) is 7.43. The van der Waals surface area contributed by atoms with E-state index in [9.17, 15) is 18.4 Å². The third kappa shape index (κ3) is 6.12. The highest BCUT2D eigenvalue weighted by Gasteiger charge is 2.17. The predicted octanol–water partition coefficient (Wildman–Crippen LogP) is 4.89. The number of anilines is 1. The lowest BCUT2D eigenvalue weighted by Crippen LogP contribution is -2.16. The maximum atomic E-state index is 14.3. The van der Waals surface area contributed by atoms with E-state index >= 15 is 0 Å². The molecule has 2 aromatic carbocycles. The van der Waals surface area contributed by atoms with Gasteiger partial charge in [0.1, 0.15) is 17.3 Å². The molecule has 1 N–H and O–H groups in total. The smallest absolute Gasteiger partial charge is 0.305 e. The van der Waals surface area contributed by atoms with Crippen molar-refractivity contribution in [3.63, 3.8) is 0 Å². The molecule has 0 saturated carbocycles. The first-order valence-electron chi connectivity index (χ1n) is 10.7. The fourth-order valence-electron chi connectivity index (χ4n) is 3.27. The van der Waals surface area contributed by atoms with Gasteiger partial charge >= 0.3 is 5.97 Å². The number of halogens is 2. The number of nitrogens with zero attached hydrogens (tertiary/aromatic N) is 1. The number of methoxy groups -OCH3 is 1. The number of nitrogens with one attached hydrogen (secondary N) is 1. The van der Waals surface area contributed by atoms with Crippen LogP contribution >= 0.6 is 0 Å². The normalized spacial score (nSPS) is 10.6. The first kappa shape index (κ1) is 24.8. The number of benzene rings is 2. The Bertz CT molecular complexity index is 1230. The minimum absolute atomic E-state index is 0.149. The topological polar surface area (TPSA) is 78.8 Å². The fraction of sp³-hybridized carbons (Fsp3) is 0.280. The van der Waals surface area contributed by atoms with Gasteiger partial charge in [0.05, 0.1) is 13.7 Å². The van der Waals surface area contributed by atoms with Crippen molar-refractivity contribution >= 4 is 11.7 Å². The first-order valence-corrected chi connectivity index (χ1v) is 10.7. The molecule has 1 aromatic heterocycles. The van der Waals surface area contributed by atoms with E-state index in [1.54, 1.807) is 38.4 Å². The summed E-state index contributed by atoms with van der Waals surface area (Å²) in [6.45, 7) is 2.63. The van der Waals surface area contributed by atoms with E-state index in [1.165, 1.54) is 23.8 Å². The molecule has 3 aromatic rings. The second-order valence-corrected chi connectivity index (χ2v) is 7.43. The van der Waals surface area contributed by atoms with Crippen molar-refractivity contribution in [1.29, 1.82) is 0 Å². The number of hydrogen-bond donors (Lipinski definition) is 1. The molecule has 1 heterocycles. The quantitative estimate of drug-likeness (QED) is 0.335. The van der Waals surface area contributed by atoms with Crippen LogP contribution in [0, 0.1) is 11.6 Å². The van der Waals surface area contributed by atoms with Crippen molar-refractivity contribution in [3.05, 3.63) is 70.6 Å². The van der Waals surface area contributed by atoms with Gasteiger partial charge in [-0.05, 0) is 43.7 Å². The molecule has 180 valence electrons. The maximum Gasteiger partial charge on any atom is 0.305 e. The maximum absolute atomic E-state index is 14.3. The van der Waals surface area contributed by atoms with E-state index in [0.717, 1.165) is 12.1 Å². The van der Waals surface area contributed by atoms with Crippen molar-refractivity contribution in [3.8, 4) is 28.4 Å². The van der Waals surface area contributed by atoms with Crippen molar-refractivity contribution in [1.82, 2.24) is 4.57 Å². The Balaban J connectivity index is 2.01. The molecular weight excluding hydrogens is 446 g/mol. The fourth-order valence-corrected chi connectivity index (χ4v) is 3.27. The largest absolute Gasteiger partial charge is 0.493 e. The SMILES string of the molecule is CCOc1cc(=O)n(C)cc1-c1cc(NCCCC(=O)OC)ccc1Oc1ccc(F)cc1F. The first-order chi connectivity index (χ1) is 16.3. The monoisotopic (exact) mass is 472 g/mol. The van der Waals surface area contributed by atoms with Gasteiger partial charge in [-0.25, -0.2) is 8.78 Å². The Hall–Kier alpha value is -3.88. The average Bonchev–Trinajstić information content (AvgIpc) is 2.81. The standard InChI is InChI=1S/C25H26F2N2O5/c1-4-33-23-14-24(30)29(2)15-19(23)18-13-17(28-11-5-6-25(31)32-3)8-10-21(18)34-22-9-7-16(26)12-20(22)27/h7-10,12-15,28H,4-6,11H2,1-3H3. The number of pyridine rings is 1. The van der Waals surface area contributed by atoms with E-state index in [2.05, 4.69) is 10.1 Å². The van der Waals surface area contributed by atoms with Gasteiger partial charge in [0.2, 0.25) is 0 Å². The van der Waals surface area contributed by atoms with Gasteiger partial charge in [-0.3, -0.25) is 9.59 Å². The summed E-state index contributed by atoms with van der Waals surface area (Å²) in [4.78, 5) is 23.5.